The lowest BCUT2D eigenvalue weighted by atomic mass is 9.99. The van der Waals surface area contributed by atoms with Crippen LogP contribution in [-0.2, 0) is 27.8 Å². The summed E-state index contributed by atoms with van der Waals surface area (Å²) in [4.78, 5) is 18.0. The third-order valence-corrected chi connectivity index (χ3v) is 6.29. The van der Waals surface area contributed by atoms with Gasteiger partial charge in [0.05, 0.1) is 24.5 Å². The van der Waals surface area contributed by atoms with Gasteiger partial charge < -0.3 is 14.4 Å². The maximum Gasteiger partial charge on any atom is 0.283 e. The number of aryl methyl sites for hydroxylation is 1. The summed E-state index contributed by atoms with van der Waals surface area (Å²) >= 11 is 0. The first kappa shape index (κ1) is 23.3. The predicted molar refractivity (Wildman–Crippen MR) is 111 cm³/mol. The summed E-state index contributed by atoms with van der Waals surface area (Å²) in [7, 11) is -4.03. The first-order valence-corrected chi connectivity index (χ1v) is 12.0. The summed E-state index contributed by atoms with van der Waals surface area (Å²) < 4.78 is 80.8. The summed E-state index contributed by atoms with van der Waals surface area (Å²) in [5.41, 5.74) is 1.51. The van der Waals surface area contributed by atoms with Gasteiger partial charge in [-0.25, -0.2) is 31.3 Å². The molecule has 1 amide bonds. The normalized spacial score (nSPS) is 22.7. The van der Waals surface area contributed by atoms with Gasteiger partial charge in [-0.3, -0.25) is 4.79 Å². The molecule has 1 fully saturated rings. The van der Waals surface area contributed by atoms with Crippen LogP contribution in [0.15, 0.2) is 30.3 Å². The van der Waals surface area contributed by atoms with Crippen molar-refractivity contribution in [3.8, 4) is 11.6 Å². The number of ether oxygens (including phenoxy) is 2. The van der Waals surface area contributed by atoms with Gasteiger partial charge in [0.2, 0.25) is 15.9 Å². The van der Waals surface area contributed by atoms with Gasteiger partial charge in [-0.05, 0) is 36.6 Å². The molecular weight excluding hydrogens is 463 g/mol. The molecule has 3 aliphatic heterocycles. The van der Waals surface area contributed by atoms with Gasteiger partial charge >= 0.3 is 0 Å². The number of carbonyl (C=O) groups excluding carboxylic acids is 1. The summed E-state index contributed by atoms with van der Waals surface area (Å²) in [5.74, 6) is -5.03. The molecule has 1 N–H and O–H groups in total. The number of benzene rings is 1. The minimum atomic E-state index is -4.03. The van der Waals surface area contributed by atoms with Crippen molar-refractivity contribution < 1.29 is 35.9 Å². The second kappa shape index (κ2) is 8.49. The smallest absolute Gasteiger partial charge is 0.283 e. The number of rotatable bonds is 2. The SMILES string of the molecule is Cc1ccc2nc1COc1ccc(cc1F)C[C@H]1[C@@H](NS(C)(=O)=O)C(F)(F)CN1C(=O)CO2. The Labute approximate surface area is 188 Å². The number of carbonyl (C=O) groups is 1. The van der Waals surface area contributed by atoms with Crippen molar-refractivity contribution in [2.24, 2.45) is 0 Å². The molecular formula is C21H22F3N3O5S. The fourth-order valence-electron chi connectivity index (χ4n) is 3.97. The number of nitrogens with one attached hydrogen (secondary N) is 1. The van der Waals surface area contributed by atoms with E-state index >= 15 is 0 Å². The highest BCUT2D eigenvalue weighted by Crippen LogP contribution is 2.35. The Kier molecular flexibility index (Phi) is 5.99. The Morgan fingerprint density at radius 1 is 1.18 bits per heavy atom. The Hall–Kier alpha value is -2.86. The molecule has 2 atom stereocenters. The number of aromatic nitrogens is 1. The van der Waals surface area contributed by atoms with E-state index in [1.54, 1.807) is 13.0 Å². The minimum absolute atomic E-state index is 0.0471. The molecule has 4 heterocycles. The first-order chi connectivity index (χ1) is 15.4. The van der Waals surface area contributed by atoms with Crippen LogP contribution in [0.3, 0.4) is 0 Å². The summed E-state index contributed by atoms with van der Waals surface area (Å²) in [6.07, 6.45) is 0.548. The van der Waals surface area contributed by atoms with Crippen LogP contribution in [0.1, 0.15) is 16.8 Å². The number of nitrogens with zero attached hydrogens (tertiary/aromatic N) is 2. The number of hydrogen-bond acceptors (Lipinski definition) is 6. The number of alkyl halides is 2. The van der Waals surface area contributed by atoms with Crippen LogP contribution in [0.5, 0.6) is 11.6 Å². The largest absolute Gasteiger partial charge is 0.484 e. The number of hydrogen-bond donors (Lipinski definition) is 1. The van der Waals surface area contributed by atoms with E-state index in [-0.39, 0.29) is 24.7 Å². The molecule has 2 aromatic rings. The lowest BCUT2D eigenvalue weighted by Crippen LogP contribution is -2.52. The molecule has 0 spiro atoms. The maximum absolute atomic E-state index is 14.8. The van der Waals surface area contributed by atoms with Gasteiger partial charge in [-0.2, -0.15) is 0 Å². The number of fused-ring (bicyclic) bond motifs is 5. The molecule has 4 bridgehead atoms. The van der Waals surface area contributed by atoms with E-state index in [9.17, 15) is 26.4 Å². The van der Waals surface area contributed by atoms with Crippen LogP contribution in [0.25, 0.3) is 0 Å². The lowest BCUT2D eigenvalue weighted by Gasteiger charge is -2.28. The van der Waals surface area contributed by atoms with Crippen molar-refractivity contribution in [3.05, 3.63) is 53.0 Å². The van der Waals surface area contributed by atoms with Crippen LogP contribution in [0, 0.1) is 12.7 Å². The van der Waals surface area contributed by atoms with Crippen LogP contribution in [-0.4, -0.2) is 61.6 Å². The molecule has 0 unspecified atom stereocenters. The van der Waals surface area contributed by atoms with E-state index in [1.807, 2.05) is 4.72 Å². The van der Waals surface area contributed by atoms with Crippen LogP contribution < -0.4 is 14.2 Å². The molecule has 12 heteroatoms. The second-order valence-corrected chi connectivity index (χ2v) is 9.96. The van der Waals surface area contributed by atoms with Crippen LogP contribution in [0.4, 0.5) is 13.2 Å². The van der Waals surface area contributed by atoms with Crippen molar-refractivity contribution in [1.29, 1.82) is 0 Å². The van der Waals surface area contributed by atoms with Crippen molar-refractivity contribution in [2.45, 2.75) is 38.0 Å². The molecule has 1 saturated heterocycles. The van der Waals surface area contributed by atoms with Crippen molar-refractivity contribution in [1.82, 2.24) is 14.6 Å². The van der Waals surface area contributed by atoms with Crippen LogP contribution in [0.2, 0.25) is 0 Å². The van der Waals surface area contributed by atoms with E-state index < -0.39 is 52.9 Å². The third kappa shape index (κ3) is 5.06. The molecule has 0 aliphatic carbocycles. The van der Waals surface area contributed by atoms with Gasteiger partial charge in [0, 0.05) is 6.07 Å². The van der Waals surface area contributed by atoms with Crippen molar-refractivity contribution >= 4 is 15.9 Å². The quantitative estimate of drug-likeness (QED) is 0.697. The van der Waals surface area contributed by atoms with Gasteiger partial charge in [0.1, 0.15) is 12.6 Å². The molecule has 1 aromatic carbocycles. The summed E-state index contributed by atoms with van der Waals surface area (Å²) in [6, 6.07) is 4.00. The van der Waals surface area contributed by atoms with Gasteiger partial charge in [-0.15, -0.1) is 0 Å². The fourth-order valence-corrected chi connectivity index (χ4v) is 4.76. The fraction of sp³-hybridized carbons (Fsp3) is 0.429. The number of sulfonamides is 1. The monoisotopic (exact) mass is 485 g/mol. The maximum atomic E-state index is 14.8. The molecule has 5 rings (SSSR count). The average Bonchev–Trinajstić information content (AvgIpc) is 2.95. The van der Waals surface area contributed by atoms with Crippen LogP contribution >= 0.6 is 0 Å². The van der Waals surface area contributed by atoms with Gasteiger partial charge in [-0.1, -0.05) is 12.1 Å². The number of halogens is 3. The second-order valence-electron chi connectivity index (χ2n) is 8.18. The zero-order valence-corrected chi connectivity index (χ0v) is 18.7. The highest BCUT2D eigenvalue weighted by Gasteiger charge is 2.56. The predicted octanol–water partition coefficient (Wildman–Crippen LogP) is 1.81. The highest BCUT2D eigenvalue weighted by molar-refractivity contribution is 7.88. The Morgan fingerprint density at radius 3 is 2.64 bits per heavy atom. The highest BCUT2D eigenvalue weighted by atomic mass is 32.2. The van der Waals surface area contributed by atoms with Gasteiger partial charge in [0.15, 0.2) is 18.2 Å². The van der Waals surface area contributed by atoms with Gasteiger partial charge in [0.25, 0.3) is 11.8 Å². The molecule has 0 radical (unpaired) electrons. The Bertz CT molecular complexity index is 1190. The summed E-state index contributed by atoms with van der Waals surface area (Å²) in [5, 5.41) is 0. The third-order valence-electron chi connectivity index (χ3n) is 5.61. The molecule has 3 aliphatic rings. The summed E-state index contributed by atoms with van der Waals surface area (Å²) in [6.45, 7) is 0.138. The molecule has 33 heavy (non-hydrogen) atoms. The lowest BCUT2D eigenvalue weighted by molar-refractivity contribution is -0.135. The first-order valence-electron chi connectivity index (χ1n) is 10.1. The van der Waals surface area contributed by atoms with Crippen molar-refractivity contribution in [3.63, 3.8) is 0 Å². The Balaban J connectivity index is 1.76. The standard InChI is InChI=1S/C21H22F3N3O5S/c1-12-3-6-18-25-15(12)9-31-17-5-4-13(7-14(17)22)8-16-20(26-33(2,29)30)21(23,24)11-27(16)19(28)10-32-18/h3-7,16,20,26H,8-11H2,1-2H3/t16-,20+/m0/s1. The molecule has 178 valence electrons. The molecule has 8 nitrogen and oxygen atoms in total. The van der Waals surface area contributed by atoms with E-state index in [0.717, 1.165) is 22.8 Å². The molecule has 0 saturated carbocycles. The van der Waals surface area contributed by atoms with E-state index in [1.165, 1.54) is 18.2 Å². The zero-order valence-electron chi connectivity index (χ0n) is 17.8. The minimum Gasteiger partial charge on any atom is -0.484 e. The molecule has 1 aromatic heterocycles. The topological polar surface area (TPSA) is 97.8 Å². The average molecular weight is 485 g/mol. The van der Waals surface area contributed by atoms with E-state index in [4.69, 9.17) is 9.47 Å². The Morgan fingerprint density at radius 2 is 1.94 bits per heavy atom. The van der Waals surface area contributed by atoms with E-state index in [0.29, 0.717) is 11.3 Å². The van der Waals surface area contributed by atoms with Crippen molar-refractivity contribution in [2.75, 3.05) is 19.4 Å². The number of amides is 1. The zero-order chi connectivity index (χ0) is 24.0. The number of pyridine rings is 1. The van der Waals surface area contributed by atoms with E-state index in [2.05, 4.69) is 4.98 Å².